The van der Waals surface area contributed by atoms with E-state index in [0.717, 1.165) is 48.2 Å². The number of nitrogens with zero attached hydrogens (tertiary/aromatic N) is 3. The van der Waals surface area contributed by atoms with Gasteiger partial charge in [-0.05, 0) is 46.2 Å². The fourth-order valence-corrected chi connectivity index (χ4v) is 3.73. The molecule has 0 fully saturated rings. The van der Waals surface area contributed by atoms with Crippen LogP contribution in [0.15, 0.2) is 24.3 Å². The highest BCUT2D eigenvalue weighted by Gasteiger charge is 2.28. The molecule has 2 aromatic heterocycles. The molecule has 0 aliphatic carbocycles. The van der Waals surface area contributed by atoms with E-state index in [9.17, 15) is 0 Å². The van der Waals surface area contributed by atoms with Crippen molar-refractivity contribution in [1.82, 2.24) is 14.5 Å². The summed E-state index contributed by atoms with van der Waals surface area (Å²) in [7, 11) is 0. The maximum absolute atomic E-state index is 6.43. The van der Waals surface area contributed by atoms with Gasteiger partial charge in [-0.2, -0.15) is 0 Å². The SMILES string of the molecule is CCCN.CCCOCC(C)(C)COC(C)(C)Cn1c(COCC)nc2c(N)nc3ccccc3c21. The van der Waals surface area contributed by atoms with Crippen LogP contribution in [0.25, 0.3) is 21.9 Å². The third-order valence-electron chi connectivity index (χ3n) is 5.65. The summed E-state index contributed by atoms with van der Waals surface area (Å²) in [5, 5.41) is 1.02. The maximum atomic E-state index is 6.43. The molecule has 3 rings (SSSR count). The second-order valence-electron chi connectivity index (χ2n) is 10.5. The van der Waals surface area contributed by atoms with Crippen LogP contribution < -0.4 is 11.5 Å². The molecule has 36 heavy (non-hydrogen) atoms. The lowest BCUT2D eigenvalue weighted by Crippen LogP contribution is -2.36. The lowest BCUT2D eigenvalue weighted by Gasteiger charge is -2.32. The number of hydrogen-bond donors (Lipinski definition) is 2. The Bertz CT molecular complexity index is 1080. The van der Waals surface area contributed by atoms with E-state index in [-0.39, 0.29) is 5.41 Å². The van der Waals surface area contributed by atoms with Gasteiger partial charge in [0.15, 0.2) is 5.82 Å². The first-order valence-corrected chi connectivity index (χ1v) is 13.1. The van der Waals surface area contributed by atoms with Crippen LogP contribution in [-0.4, -0.2) is 53.1 Å². The van der Waals surface area contributed by atoms with Gasteiger partial charge in [0.1, 0.15) is 17.9 Å². The number of ether oxygens (including phenoxy) is 3. The van der Waals surface area contributed by atoms with E-state index in [2.05, 4.69) is 57.2 Å². The summed E-state index contributed by atoms with van der Waals surface area (Å²) in [5.74, 6) is 1.26. The Morgan fingerprint density at radius 2 is 1.64 bits per heavy atom. The largest absolute Gasteiger partial charge is 0.382 e. The van der Waals surface area contributed by atoms with Crippen LogP contribution in [0.5, 0.6) is 0 Å². The number of hydrogen-bond acceptors (Lipinski definition) is 7. The first-order valence-electron chi connectivity index (χ1n) is 13.1. The molecule has 0 amide bonds. The fraction of sp³-hybridized carbons (Fsp3) is 0.643. The highest BCUT2D eigenvalue weighted by Crippen LogP contribution is 2.31. The summed E-state index contributed by atoms with van der Waals surface area (Å²) in [5.41, 5.74) is 13.4. The van der Waals surface area contributed by atoms with Crippen molar-refractivity contribution in [2.45, 2.75) is 80.1 Å². The Hall–Kier alpha value is -2.26. The number of nitrogens with two attached hydrogens (primary N) is 2. The quantitative estimate of drug-likeness (QED) is 0.306. The van der Waals surface area contributed by atoms with Crippen LogP contribution in [0.2, 0.25) is 0 Å². The Kier molecular flexibility index (Phi) is 11.6. The molecule has 0 aliphatic rings. The Balaban J connectivity index is 0.00000106. The number of anilines is 1. The first kappa shape index (κ1) is 30.0. The molecule has 8 nitrogen and oxygen atoms in total. The minimum absolute atomic E-state index is 0.0708. The second kappa shape index (κ2) is 13.9. The third-order valence-corrected chi connectivity index (χ3v) is 5.65. The summed E-state index contributed by atoms with van der Waals surface area (Å²) in [6.45, 7) is 19.2. The van der Waals surface area contributed by atoms with Crippen LogP contribution in [-0.2, 0) is 27.4 Å². The molecule has 4 N–H and O–H groups in total. The van der Waals surface area contributed by atoms with Crippen molar-refractivity contribution in [3.05, 3.63) is 30.1 Å². The number of pyridine rings is 1. The third kappa shape index (κ3) is 8.40. The lowest BCUT2D eigenvalue weighted by molar-refractivity contribution is -0.0827. The molecule has 0 atom stereocenters. The number of fused-ring (bicyclic) bond motifs is 3. The van der Waals surface area contributed by atoms with Crippen LogP contribution in [0, 0.1) is 5.41 Å². The highest BCUT2D eigenvalue weighted by atomic mass is 16.5. The standard InChI is InChI=1S/C25H38N4O3.C3H9N/c1-7-13-31-16-24(3,4)17-32-25(5,6)15-29-20(14-30-8-2)28-21-22(29)18-11-9-10-12-19(18)27-23(21)26;1-2-3-4/h9-12H,7-8,13-17H2,1-6H3,(H2,26,27);2-4H2,1H3. The number of aromatic nitrogens is 3. The van der Waals surface area contributed by atoms with E-state index in [1.165, 1.54) is 0 Å². The van der Waals surface area contributed by atoms with Crippen molar-refractivity contribution in [3.8, 4) is 0 Å². The van der Waals surface area contributed by atoms with Crippen molar-refractivity contribution in [2.24, 2.45) is 11.1 Å². The molecule has 0 bridgehead atoms. The predicted molar refractivity (Wildman–Crippen MR) is 149 cm³/mol. The fourth-order valence-electron chi connectivity index (χ4n) is 3.73. The molecule has 0 saturated carbocycles. The summed E-state index contributed by atoms with van der Waals surface area (Å²) >= 11 is 0. The van der Waals surface area contributed by atoms with E-state index in [4.69, 9.17) is 30.7 Å². The Morgan fingerprint density at radius 3 is 2.28 bits per heavy atom. The van der Waals surface area contributed by atoms with Gasteiger partial charge in [0, 0.05) is 24.0 Å². The van der Waals surface area contributed by atoms with Crippen molar-refractivity contribution in [2.75, 3.05) is 38.7 Å². The molecule has 1 aromatic carbocycles. The Labute approximate surface area is 216 Å². The van der Waals surface area contributed by atoms with Crippen LogP contribution in [0.3, 0.4) is 0 Å². The number of nitrogen functional groups attached to an aromatic ring is 1. The van der Waals surface area contributed by atoms with E-state index in [0.29, 0.717) is 44.3 Å². The zero-order valence-electron chi connectivity index (χ0n) is 23.4. The molecule has 0 aliphatic heterocycles. The Morgan fingerprint density at radius 1 is 0.944 bits per heavy atom. The average molecular weight is 502 g/mol. The maximum Gasteiger partial charge on any atom is 0.152 e. The van der Waals surface area contributed by atoms with Gasteiger partial charge in [0.25, 0.3) is 0 Å². The molecule has 3 aromatic rings. The van der Waals surface area contributed by atoms with Crippen LogP contribution >= 0.6 is 0 Å². The van der Waals surface area contributed by atoms with E-state index >= 15 is 0 Å². The molecule has 202 valence electrons. The van der Waals surface area contributed by atoms with Gasteiger partial charge in [-0.1, -0.05) is 45.9 Å². The molecule has 0 radical (unpaired) electrons. The summed E-state index contributed by atoms with van der Waals surface area (Å²) in [6.07, 6.45) is 2.12. The van der Waals surface area contributed by atoms with Gasteiger partial charge in [0.05, 0.1) is 36.4 Å². The zero-order chi connectivity index (χ0) is 26.8. The monoisotopic (exact) mass is 501 g/mol. The molecule has 0 unspecified atom stereocenters. The topological polar surface area (TPSA) is 110 Å². The number of para-hydroxylation sites is 1. The zero-order valence-corrected chi connectivity index (χ0v) is 23.4. The van der Waals surface area contributed by atoms with Crippen molar-refractivity contribution in [3.63, 3.8) is 0 Å². The summed E-state index contributed by atoms with van der Waals surface area (Å²) < 4.78 is 20.1. The molecule has 8 heteroatoms. The molecular formula is C28H47N5O3. The molecule has 0 saturated heterocycles. The van der Waals surface area contributed by atoms with Crippen molar-refractivity contribution < 1.29 is 14.2 Å². The minimum Gasteiger partial charge on any atom is -0.382 e. The van der Waals surface area contributed by atoms with Gasteiger partial charge >= 0.3 is 0 Å². The van der Waals surface area contributed by atoms with Gasteiger partial charge in [-0.3, -0.25) is 0 Å². The molecule has 2 heterocycles. The predicted octanol–water partition coefficient (Wildman–Crippen LogP) is 5.31. The number of benzene rings is 1. The second-order valence-corrected chi connectivity index (χ2v) is 10.5. The number of rotatable bonds is 13. The van der Waals surface area contributed by atoms with Gasteiger partial charge < -0.3 is 30.2 Å². The van der Waals surface area contributed by atoms with Gasteiger partial charge in [0.2, 0.25) is 0 Å². The van der Waals surface area contributed by atoms with Crippen molar-refractivity contribution in [1.29, 1.82) is 0 Å². The number of imidazole rings is 1. The van der Waals surface area contributed by atoms with Crippen molar-refractivity contribution >= 4 is 27.8 Å². The molecule has 0 spiro atoms. The van der Waals surface area contributed by atoms with E-state index < -0.39 is 5.60 Å². The minimum atomic E-state index is -0.435. The van der Waals surface area contributed by atoms with Crippen LogP contribution in [0.4, 0.5) is 5.82 Å². The van der Waals surface area contributed by atoms with E-state index in [1.807, 2.05) is 25.1 Å². The van der Waals surface area contributed by atoms with Crippen LogP contribution in [0.1, 0.15) is 67.1 Å². The first-order chi connectivity index (χ1) is 17.1. The van der Waals surface area contributed by atoms with E-state index in [1.54, 1.807) is 0 Å². The summed E-state index contributed by atoms with van der Waals surface area (Å²) in [4.78, 5) is 9.37. The lowest BCUT2D eigenvalue weighted by atomic mass is 9.95. The molecular weight excluding hydrogens is 454 g/mol. The van der Waals surface area contributed by atoms with Gasteiger partial charge in [-0.25, -0.2) is 9.97 Å². The van der Waals surface area contributed by atoms with Gasteiger partial charge in [-0.15, -0.1) is 0 Å². The normalized spacial score (nSPS) is 12.2. The summed E-state index contributed by atoms with van der Waals surface area (Å²) in [6, 6.07) is 8.03. The highest BCUT2D eigenvalue weighted by molar-refractivity contribution is 6.06. The average Bonchev–Trinajstić information content (AvgIpc) is 3.20. The smallest absolute Gasteiger partial charge is 0.152 e.